The van der Waals surface area contributed by atoms with E-state index in [0.29, 0.717) is 30.2 Å². The highest BCUT2D eigenvalue weighted by Gasteiger charge is 2.34. The van der Waals surface area contributed by atoms with E-state index in [2.05, 4.69) is 0 Å². The van der Waals surface area contributed by atoms with Gasteiger partial charge in [0.25, 0.3) is 5.91 Å². The predicted molar refractivity (Wildman–Crippen MR) is 106 cm³/mol. The summed E-state index contributed by atoms with van der Waals surface area (Å²) in [7, 11) is -3.08. The molecule has 1 unspecified atom stereocenters. The van der Waals surface area contributed by atoms with E-state index in [9.17, 15) is 13.2 Å². The van der Waals surface area contributed by atoms with E-state index in [-0.39, 0.29) is 30.1 Å². The zero-order valence-electron chi connectivity index (χ0n) is 14.9. The molecule has 144 valence electrons. The Kier molecular flexibility index (Phi) is 6.39. The molecule has 5 nitrogen and oxygen atoms in total. The molecule has 27 heavy (non-hydrogen) atoms. The number of amides is 1. The summed E-state index contributed by atoms with van der Waals surface area (Å²) in [5, 5.41) is 0.592. The van der Waals surface area contributed by atoms with Crippen LogP contribution in [0.15, 0.2) is 54.6 Å². The van der Waals surface area contributed by atoms with Gasteiger partial charge in [-0.05, 0) is 42.7 Å². The Labute approximate surface area is 164 Å². The number of carbonyl (C=O) groups is 1. The lowest BCUT2D eigenvalue weighted by atomic mass is 10.1. The lowest BCUT2D eigenvalue weighted by Crippen LogP contribution is -2.44. The fraction of sp³-hybridized carbons (Fsp3) is 0.350. The summed E-state index contributed by atoms with van der Waals surface area (Å²) in [5.41, 5.74) is 1.11. The Bertz CT molecular complexity index is 869. The Morgan fingerprint density at radius 2 is 1.81 bits per heavy atom. The fourth-order valence-corrected chi connectivity index (χ4v) is 5.04. The largest absolute Gasteiger partial charge is 0.484 e. The molecule has 3 rings (SSSR count). The van der Waals surface area contributed by atoms with Crippen LogP contribution < -0.4 is 4.74 Å². The number of sulfone groups is 1. The zero-order valence-corrected chi connectivity index (χ0v) is 16.5. The summed E-state index contributed by atoms with van der Waals surface area (Å²) in [6, 6.07) is 16.3. The van der Waals surface area contributed by atoms with Crippen molar-refractivity contribution in [3.63, 3.8) is 0 Å². The molecule has 1 fully saturated rings. The van der Waals surface area contributed by atoms with Crippen LogP contribution in [0.2, 0.25) is 5.02 Å². The molecule has 2 aromatic carbocycles. The van der Waals surface area contributed by atoms with E-state index in [1.807, 2.05) is 30.3 Å². The molecule has 0 bridgehead atoms. The summed E-state index contributed by atoms with van der Waals surface area (Å²) in [6.45, 7) is 0.333. The molecule has 2 aromatic rings. The van der Waals surface area contributed by atoms with Crippen LogP contribution in [-0.4, -0.2) is 49.9 Å². The second-order valence-corrected chi connectivity index (χ2v) is 9.29. The number of ether oxygens (including phenoxy) is 1. The van der Waals surface area contributed by atoms with Crippen molar-refractivity contribution in [2.24, 2.45) is 0 Å². The average molecular weight is 408 g/mol. The Hall–Kier alpha value is -2.05. The van der Waals surface area contributed by atoms with Crippen LogP contribution in [0.3, 0.4) is 0 Å². The first-order valence-corrected chi connectivity index (χ1v) is 11.0. The summed E-state index contributed by atoms with van der Waals surface area (Å²) >= 11 is 5.85. The Morgan fingerprint density at radius 1 is 1.11 bits per heavy atom. The van der Waals surface area contributed by atoms with E-state index in [1.165, 1.54) is 0 Å². The summed E-state index contributed by atoms with van der Waals surface area (Å²) < 4.78 is 29.3. The normalized spacial score (nSPS) is 18.2. The van der Waals surface area contributed by atoms with Gasteiger partial charge in [0.2, 0.25) is 0 Å². The van der Waals surface area contributed by atoms with Crippen LogP contribution in [0.25, 0.3) is 0 Å². The molecule has 0 N–H and O–H groups in total. The number of hydrogen-bond acceptors (Lipinski definition) is 4. The van der Waals surface area contributed by atoms with Gasteiger partial charge in [0.05, 0.1) is 11.5 Å². The summed E-state index contributed by atoms with van der Waals surface area (Å²) in [5.74, 6) is 0.497. The lowest BCUT2D eigenvalue weighted by Gasteiger charge is -2.28. The molecule has 0 spiro atoms. The molecule has 1 atom stereocenters. The standard InChI is InChI=1S/C20H22ClNO4S/c21-17-6-8-19(9-7-17)26-14-20(23)22(18-11-13-27(24,25)15-18)12-10-16-4-2-1-3-5-16/h1-9,18H,10-15H2. The number of carbonyl (C=O) groups excluding carboxylic acids is 1. The molecular formula is C20H22ClNO4S. The van der Waals surface area contributed by atoms with E-state index >= 15 is 0 Å². The lowest BCUT2D eigenvalue weighted by molar-refractivity contribution is -0.135. The number of nitrogens with zero attached hydrogens (tertiary/aromatic N) is 1. The topological polar surface area (TPSA) is 63.7 Å². The number of benzene rings is 2. The molecule has 0 aromatic heterocycles. The summed E-state index contributed by atoms with van der Waals surface area (Å²) in [4.78, 5) is 14.4. The molecule has 1 aliphatic rings. The monoisotopic (exact) mass is 407 g/mol. The van der Waals surface area contributed by atoms with E-state index < -0.39 is 9.84 Å². The second-order valence-electron chi connectivity index (χ2n) is 6.62. The van der Waals surface area contributed by atoms with Crippen molar-refractivity contribution in [1.82, 2.24) is 4.90 Å². The molecule has 1 amide bonds. The van der Waals surface area contributed by atoms with Crippen molar-refractivity contribution < 1.29 is 17.9 Å². The van der Waals surface area contributed by atoms with Crippen LogP contribution in [0.5, 0.6) is 5.75 Å². The first-order chi connectivity index (χ1) is 12.9. The highest BCUT2D eigenvalue weighted by Crippen LogP contribution is 2.20. The van der Waals surface area contributed by atoms with Crippen LogP contribution in [-0.2, 0) is 21.1 Å². The molecule has 1 saturated heterocycles. The Balaban J connectivity index is 1.66. The predicted octanol–water partition coefficient (Wildman–Crippen LogP) is 2.98. The smallest absolute Gasteiger partial charge is 0.260 e. The van der Waals surface area contributed by atoms with Gasteiger partial charge in [-0.3, -0.25) is 4.79 Å². The van der Waals surface area contributed by atoms with Crippen molar-refractivity contribution in [2.75, 3.05) is 24.7 Å². The van der Waals surface area contributed by atoms with Crippen LogP contribution in [0.1, 0.15) is 12.0 Å². The highest BCUT2D eigenvalue weighted by molar-refractivity contribution is 7.91. The van der Waals surface area contributed by atoms with Gasteiger partial charge in [0, 0.05) is 17.6 Å². The first kappa shape index (κ1) is 19.7. The number of halogens is 1. The minimum Gasteiger partial charge on any atom is -0.484 e. The molecule has 1 aliphatic heterocycles. The van der Waals surface area contributed by atoms with Gasteiger partial charge in [-0.25, -0.2) is 8.42 Å². The summed E-state index contributed by atoms with van der Waals surface area (Å²) in [6.07, 6.45) is 1.15. The van der Waals surface area contributed by atoms with Gasteiger partial charge in [0.15, 0.2) is 16.4 Å². The van der Waals surface area contributed by atoms with Gasteiger partial charge in [-0.1, -0.05) is 41.9 Å². The van der Waals surface area contributed by atoms with Gasteiger partial charge < -0.3 is 9.64 Å². The maximum Gasteiger partial charge on any atom is 0.260 e. The van der Waals surface area contributed by atoms with Gasteiger partial charge in [0.1, 0.15) is 5.75 Å². The Morgan fingerprint density at radius 3 is 2.44 bits per heavy atom. The minimum absolute atomic E-state index is 0.0223. The first-order valence-electron chi connectivity index (χ1n) is 8.85. The zero-order chi connectivity index (χ0) is 19.3. The third-order valence-electron chi connectivity index (χ3n) is 4.63. The second kappa shape index (κ2) is 8.76. The third kappa shape index (κ3) is 5.71. The van der Waals surface area contributed by atoms with Gasteiger partial charge in [-0.15, -0.1) is 0 Å². The van der Waals surface area contributed by atoms with E-state index in [1.54, 1.807) is 29.2 Å². The minimum atomic E-state index is -3.08. The molecule has 0 aliphatic carbocycles. The number of rotatable bonds is 7. The van der Waals surface area contributed by atoms with Gasteiger partial charge >= 0.3 is 0 Å². The molecule has 0 saturated carbocycles. The molecular weight excluding hydrogens is 386 g/mol. The maximum absolute atomic E-state index is 12.8. The van der Waals surface area contributed by atoms with Crippen molar-refractivity contribution in [1.29, 1.82) is 0 Å². The maximum atomic E-state index is 12.8. The molecule has 1 heterocycles. The average Bonchev–Trinajstić information content (AvgIpc) is 3.02. The van der Waals surface area contributed by atoms with Crippen molar-refractivity contribution in [3.8, 4) is 5.75 Å². The number of hydrogen-bond donors (Lipinski definition) is 0. The van der Waals surface area contributed by atoms with E-state index in [4.69, 9.17) is 16.3 Å². The highest BCUT2D eigenvalue weighted by atomic mass is 35.5. The van der Waals surface area contributed by atoms with Gasteiger partial charge in [-0.2, -0.15) is 0 Å². The molecule has 0 radical (unpaired) electrons. The fourth-order valence-electron chi connectivity index (χ4n) is 3.19. The van der Waals surface area contributed by atoms with Crippen LogP contribution in [0, 0.1) is 0 Å². The SMILES string of the molecule is O=C(COc1ccc(Cl)cc1)N(CCc1ccccc1)C1CCS(=O)(=O)C1. The van der Waals surface area contributed by atoms with E-state index in [0.717, 1.165) is 5.56 Å². The van der Waals surface area contributed by atoms with Crippen LogP contribution in [0.4, 0.5) is 0 Å². The third-order valence-corrected chi connectivity index (χ3v) is 6.63. The van der Waals surface area contributed by atoms with Crippen molar-refractivity contribution in [3.05, 3.63) is 65.2 Å². The quantitative estimate of drug-likeness (QED) is 0.707. The molecule has 7 heteroatoms. The van der Waals surface area contributed by atoms with Crippen molar-refractivity contribution in [2.45, 2.75) is 18.9 Å². The van der Waals surface area contributed by atoms with Crippen LogP contribution >= 0.6 is 11.6 Å². The van der Waals surface area contributed by atoms with Crippen molar-refractivity contribution >= 4 is 27.3 Å².